The Kier molecular flexibility index (Phi) is 4.03. The van der Waals surface area contributed by atoms with E-state index in [-0.39, 0.29) is 17.4 Å². The minimum absolute atomic E-state index is 0.0185. The van der Waals surface area contributed by atoms with E-state index in [0.717, 1.165) is 45.1 Å². The van der Waals surface area contributed by atoms with E-state index in [9.17, 15) is 4.79 Å². The van der Waals surface area contributed by atoms with Crippen molar-refractivity contribution < 1.29 is 4.79 Å². The second-order valence-corrected chi connectivity index (χ2v) is 7.09. The molecule has 0 spiro atoms. The van der Waals surface area contributed by atoms with E-state index >= 15 is 0 Å². The van der Waals surface area contributed by atoms with E-state index in [1.165, 1.54) is 11.1 Å². The van der Waals surface area contributed by atoms with E-state index in [1.54, 1.807) is 0 Å². The third kappa shape index (κ3) is 3.13. The maximum absolute atomic E-state index is 12.5. The Morgan fingerprint density at radius 2 is 1.95 bits per heavy atom. The van der Waals surface area contributed by atoms with Crippen molar-refractivity contribution in [3.05, 3.63) is 35.4 Å². The summed E-state index contributed by atoms with van der Waals surface area (Å²) in [6, 6.07) is 8.61. The molecule has 0 saturated heterocycles. The first-order chi connectivity index (χ1) is 10.1. The quantitative estimate of drug-likeness (QED) is 0.896. The zero-order valence-electron chi connectivity index (χ0n) is 12.9. The monoisotopic (exact) mass is 286 g/mol. The van der Waals surface area contributed by atoms with Crippen molar-refractivity contribution in [2.45, 2.75) is 51.0 Å². The molecule has 2 aliphatic carbocycles. The first kappa shape index (κ1) is 14.6. The second kappa shape index (κ2) is 5.80. The molecule has 0 bridgehead atoms. The van der Waals surface area contributed by atoms with Crippen LogP contribution in [0.25, 0.3) is 0 Å². The fourth-order valence-corrected chi connectivity index (χ4v) is 3.95. The predicted octanol–water partition coefficient (Wildman–Crippen LogP) is 2.43. The van der Waals surface area contributed by atoms with Gasteiger partial charge in [-0.25, -0.2) is 0 Å². The van der Waals surface area contributed by atoms with Crippen molar-refractivity contribution in [1.82, 2.24) is 5.32 Å². The van der Waals surface area contributed by atoms with Gasteiger partial charge in [0.2, 0.25) is 5.91 Å². The van der Waals surface area contributed by atoms with Gasteiger partial charge in [-0.1, -0.05) is 37.1 Å². The van der Waals surface area contributed by atoms with Crippen molar-refractivity contribution in [1.29, 1.82) is 0 Å². The number of carbonyl (C=O) groups is 1. The molecule has 114 valence electrons. The van der Waals surface area contributed by atoms with Crippen molar-refractivity contribution in [2.24, 2.45) is 17.6 Å². The molecule has 1 aromatic rings. The number of carbonyl (C=O) groups excluding carboxylic acids is 1. The van der Waals surface area contributed by atoms with Crippen LogP contribution in [0.2, 0.25) is 0 Å². The Morgan fingerprint density at radius 3 is 2.57 bits per heavy atom. The summed E-state index contributed by atoms with van der Waals surface area (Å²) >= 11 is 0. The summed E-state index contributed by atoms with van der Waals surface area (Å²) in [5.74, 6) is 0.685. The van der Waals surface area contributed by atoms with Gasteiger partial charge in [0.25, 0.3) is 0 Å². The highest BCUT2D eigenvalue weighted by atomic mass is 16.1. The highest BCUT2D eigenvalue weighted by molar-refractivity contribution is 5.80. The van der Waals surface area contributed by atoms with Crippen LogP contribution in [0.1, 0.15) is 43.7 Å². The average Bonchev–Trinajstić information content (AvgIpc) is 2.87. The lowest BCUT2D eigenvalue weighted by molar-refractivity contribution is -0.128. The summed E-state index contributed by atoms with van der Waals surface area (Å²) in [4.78, 5) is 12.5. The number of rotatable bonds is 3. The van der Waals surface area contributed by atoms with E-state index < -0.39 is 0 Å². The average molecular weight is 286 g/mol. The smallest absolute Gasteiger partial charge is 0.224 e. The zero-order valence-corrected chi connectivity index (χ0v) is 12.9. The van der Waals surface area contributed by atoms with Gasteiger partial charge in [0.15, 0.2) is 0 Å². The summed E-state index contributed by atoms with van der Waals surface area (Å²) in [5.41, 5.74) is 8.87. The van der Waals surface area contributed by atoms with Crippen LogP contribution in [0, 0.1) is 11.8 Å². The fourth-order valence-electron chi connectivity index (χ4n) is 3.95. The molecule has 0 radical (unpaired) electrons. The minimum Gasteiger partial charge on any atom is -0.356 e. The Morgan fingerprint density at radius 1 is 1.29 bits per heavy atom. The Bertz CT molecular complexity index is 499. The molecule has 1 amide bonds. The number of nitrogens with one attached hydrogen (secondary N) is 1. The van der Waals surface area contributed by atoms with E-state index in [1.807, 2.05) is 6.92 Å². The Hall–Kier alpha value is -1.35. The number of amides is 1. The summed E-state index contributed by atoms with van der Waals surface area (Å²) in [6.45, 7) is 2.81. The topological polar surface area (TPSA) is 55.1 Å². The van der Waals surface area contributed by atoms with Crippen molar-refractivity contribution in [3.63, 3.8) is 0 Å². The van der Waals surface area contributed by atoms with Crippen molar-refractivity contribution in [2.75, 3.05) is 6.54 Å². The molecular weight excluding hydrogens is 260 g/mol. The molecule has 3 rings (SSSR count). The second-order valence-electron chi connectivity index (χ2n) is 7.09. The van der Waals surface area contributed by atoms with Gasteiger partial charge in [-0.2, -0.15) is 0 Å². The first-order valence-corrected chi connectivity index (χ1v) is 8.19. The third-order valence-corrected chi connectivity index (χ3v) is 5.27. The van der Waals surface area contributed by atoms with Crippen LogP contribution in [0.4, 0.5) is 0 Å². The summed E-state index contributed by atoms with van der Waals surface area (Å²) < 4.78 is 0. The maximum Gasteiger partial charge on any atom is 0.224 e. The molecule has 3 N–H and O–H groups in total. The van der Waals surface area contributed by atoms with Gasteiger partial charge in [-0.05, 0) is 49.7 Å². The van der Waals surface area contributed by atoms with Crippen LogP contribution in [-0.4, -0.2) is 18.0 Å². The molecule has 1 aromatic carbocycles. The van der Waals surface area contributed by atoms with Gasteiger partial charge in [0.1, 0.15) is 0 Å². The number of nitrogens with two attached hydrogens (primary N) is 1. The standard InChI is InChI=1S/C18H26N2O/c1-18(19)9-5-4-8-16(18)17(21)20-12-13-10-14-6-2-3-7-15(14)11-13/h2-3,6-7,13,16H,4-5,8-12,19H2,1H3,(H,20,21). The SMILES string of the molecule is CC1(N)CCCCC1C(=O)NCC1Cc2ccccc2C1. The number of fused-ring (bicyclic) bond motifs is 1. The van der Waals surface area contributed by atoms with Gasteiger partial charge in [-0.15, -0.1) is 0 Å². The molecule has 0 heterocycles. The van der Waals surface area contributed by atoms with Crippen molar-refractivity contribution >= 4 is 5.91 Å². The van der Waals surface area contributed by atoms with Crippen LogP contribution in [0.5, 0.6) is 0 Å². The molecule has 2 aliphatic rings. The fraction of sp³-hybridized carbons (Fsp3) is 0.611. The van der Waals surface area contributed by atoms with Gasteiger partial charge in [0, 0.05) is 12.1 Å². The normalized spacial score (nSPS) is 29.1. The van der Waals surface area contributed by atoms with Crippen LogP contribution in [0.3, 0.4) is 0 Å². The van der Waals surface area contributed by atoms with Gasteiger partial charge in [0.05, 0.1) is 5.92 Å². The highest BCUT2D eigenvalue weighted by Gasteiger charge is 2.37. The zero-order chi connectivity index (χ0) is 14.9. The Balaban J connectivity index is 1.53. The number of hydrogen-bond acceptors (Lipinski definition) is 2. The molecule has 21 heavy (non-hydrogen) atoms. The molecule has 1 saturated carbocycles. The minimum atomic E-state index is -0.332. The number of hydrogen-bond donors (Lipinski definition) is 2. The van der Waals surface area contributed by atoms with E-state index in [2.05, 4.69) is 29.6 Å². The predicted molar refractivity (Wildman–Crippen MR) is 84.9 cm³/mol. The van der Waals surface area contributed by atoms with E-state index in [0.29, 0.717) is 5.92 Å². The molecule has 0 aliphatic heterocycles. The van der Waals surface area contributed by atoms with Gasteiger partial charge < -0.3 is 11.1 Å². The van der Waals surface area contributed by atoms with Gasteiger partial charge in [-0.3, -0.25) is 4.79 Å². The molecule has 2 unspecified atom stereocenters. The highest BCUT2D eigenvalue weighted by Crippen LogP contribution is 2.32. The van der Waals surface area contributed by atoms with Crippen LogP contribution < -0.4 is 11.1 Å². The molecular formula is C18H26N2O. The van der Waals surface area contributed by atoms with Crippen molar-refractivity contribution in [3.8, 4) is 0 Å². The van der Waals surface area contributed by atoms with Crippen LogP contribution in [-0.2, 0) is 17.6 Å². The molecule has 3 heteroatoms. The Labute approximate surface area is 127 Å². The van der Waals surface area contributed by atoms with Crippen LogP contribution in [0.15, 0.2) is 24.3 Å². The largest absolute Gasteiger partial charge is 0.356 e. The summed E-state index contributed by atoms with van der Waals surface area (Å²) in [6.07, 6.45) is 6.33. The number of benzene rings is 1. The lowest BCUT2D eigenvalue weighted by atomic mass is 9.74. The first-order valence-electron chi connectivity index (χ1n) is 8.19. The maximum atomic E-state index is 12.5. The molecule has 1 fully saturated rings. The lowest BCUT2D eigenvalue weighted by Gasteiger charge is -2.37. The third-order valence-electron chi connectivity index (χ3n) is 5.27. The van der Waals surface area contributed by atoms with Gasteiger partial charge >= 0.3 is 0 Å². The van der Waals surface area contributed by atoms with E-state index in [4.69, 9.17) is 5.73 Å². The summed E-state index contributed by atoms with van der Waals surface area (Å²) in [5, 5.41) is 3.17. The van der Waals surface area contributed by atoms with Crippen LogP contribution >= 0.6 is 0 Å². The molecule has 3 nitrogen and oxygen atoms in total. The summed E-state index contributed by atoms with van der Waals surface area (Å²) in [7, 11) is 0. The lowest BCUT2D eigenvalue weighted by Crippen LogP contribution is -2.53. The molecule has 2 atom stereocenters. The molecule has 0 aromatic heterocycles.